The molecule has 0 heterocycles. The summed E-state index contributed by atoms with van der Waals surface area (Å²) in [5, 5.41) is 0. The summed E-state index contributed by atoms with van der Waals surface area (Å²) in [4.78, 5) is 13.9. The highest BCUT2D eigenvalue weighted by molar-refractivity contribution is 9.10. The molecule has 1 amide bonds. The van der Waals surface area contributed by atoms with Crippen molar-refractivity contribution in [3.05, 3.63) is 22.7 Å². The second-order valence-corrected chi connectivity index (χ2v) is 5.27. The van der Waals surface area contributed by atoms with Crippen LogP contribution in [0.15, 0.2) is 22.7 Å². The molecule has 1 aromatic rings. The number of halogens is 1. The lowest BCUT2D eigenvalue weighted by Gasteiger charge is -2.31. The summed E-state index contributed by atoms with van der Waals surface area (Å²) >= 11 is 3.34. The number of methoxy groups -OCH3 is 1. The van der Waals surface area contributed by atoms with E-state index in [0.717, 1.165) is 4.47 Å². The molecular formula is C13H19BrN2O2. The van der Waals surface area contributed by atoms with Crippen molar-refractivity contribution in [1.82, 2.24) is 0 Å². The number of hydrogen-bond donors (Lipinski definition) is 1. The van der Waals surface area contributed by atoms with Crippen LogP contribution in [0.4, 0.5) is 11.4 Å². The molecule has 1 atom stereocenters. The summed E-state index contributed by atoms with van der Waals surface area (Å²) in [6, 6.07) is 5.43. The Bertz CT molecular complexity index is 445. The zero-order valence-electron chi connectivity index (χ0n) is 11.2. The van der Waals surface area contributed by atoms with Crippen molar-refractivity contribution in [2.45, 2.75) is 25.9 Å². The number of hydrogen-bond acceptors (Lipinski definition) is 3. The predicted molar refractivity (Wildman–Crippen MR) is 77.7 cm³/mol. The number of rotatable bonds is 4. The van der Waals surface area contributed by atoms with Crippen LogP contribution in [0.3, 0.4) is 0 Å². The minimum absolute atomic E-state index is 0.110. The summed E-state index contributed by atoms with van der Waals surface area (Å²) in [6.07, 6.45) is 0.600. The second kappa shape index (κ2) is 5.71. The zero-order chi connectivity index (χ0) is 13.9. The average molecular weight is 315 g/mol. The number of carbonyl (C=O) groups excluding carboxylic acids is 1. The molecule has 0 saturated carbocycles. The largest absolute Gasteiger partial charge is 0.397 e. The number of likely N-dealkylation sites (N-methyl/N-ethyl adjacent to an activating group) is 1. The molecular weight excluding hydrogens is 296 g/mol. The van der Waals surface area contributed by atoms with Gasteiger partial charge in [0.15, 0.2) is 0 Å². The van der Waals surface area contributed by atoms with Gasteiger partial charge in [0.05, 0.1) is 11.4 Å². The van der Waals surface area contributed by atoms with Crippen LogP contribution in [-0.4, -0.2) is 25.7 Å². The third kappa shape index (κ3) is 2.84. The molecule has 2 N–H and O–H groups in total. The van der Waals surface area contributed by atoms with Gasteiger partial charge in [-0.15, -0.1) is 0 Å². The van der Waals surface area contributed by atoms with E-state index < -0.39 is 5.60 Å². The molecule has 0 aliphatic rings. The third-order valence-corrected chi connectivity index (χ3v) is 3.73. The van der Waals surface area contributed by atoms with E-state index in [1.54, 1.807) is 27.1 Å². The highest BCUT2D eigenvalue weighted by Crippen LogP contribution is 2.28. The zero-order valence-corrected chi connectivity index (χ0v) is 12.7. The molecule has 4 nitrogen and oxygen atoms in total. The maximum Gasteiger partial charge on any atom is 0.258 e. The van der Waals surface area contributed by atoms with E-state index in [9.17, 15) is 4.79 Å². The summed E-state index contributed by atoms with van der Waals surface area (Å²) in [6.45, 7) is 3.70. The van der Waals surface area contributed by atoms with Crippen LogP contribution in [-0.2, 0) is 9.53 Å². The van der Waals surface area contributed by atoms with Crippen molar-refractivity contribution in [3.63, 3.8) is 0 Å². The van der Waals surface area contributed by atoms with Gasteiger partial charge in [0.25, 0.3) is 5.91 Å². The van der Waals surface area contributed by atoms with Gasteiger partial charge in [-0.1, -0.05) is 22.9 Å². The van der Waals surface area contributed by atoms with Gasteiger partial charge in [-0.2, -0.15) is 0 Å². The molecule has 0 aliphatic carbocycles. The van der Waals surface area contributed by atoms with E-state index in [0.29, 0.717) is 17.8 Å². The average Bonchev–Trinajstić information content (AvgIpc) is 2.36. The number of benzene rings is 1. The molecule has 5 heteroatoms. The van der Waals surface area contributed by atoms with E-state index in [4.69, 9.17) is 10.5 Å². The number of anilines is 2. The quantitative estimate of drug-likeness (QED) is 0.869. The first-order valence-corrected chi connectivity index (χ1v) is 6.53. The molecule has 0 aliphatic heterocycles. The van der Waals surface area contributed by atoms with E-state index >= 15 is 0 Å². The van der Waals surface area contributed by atoms with Crippen LogP contribution in [0.5, 0.6) is 0 Å². The van der Waals surface area contributed by atoms with Crippen LogP contribution in [0.1, 0.15) is 20.3 Å². The van der Waals surface area contributed by atoms with Gasteiger partial charge in [-0.05, 0) is 31.5 Å². The standard InChI is InChI=1S/C13H19BrN2O2/c1-5-13(2,18-4)12(17)16(3)11-7-6-9(14)8-10(11)15/h6-8H,5,15H2,1-4H3. The molecule has 100 valence electrons. The molecule has 0 radical (unpaired) electrons. The number of amides is 1. The van der Waals surface area contributed by atoms with E-state index in [1.165, 1.54) is 4.90 Å². The minimum atomic E-state index is -0.825. The predicted octanol–water partition coefficient (Wildman–Crippen LogP) is 2.81. The Morgan fingerprint density at radius 3 is 2.61 bits per heavy atom. The maximum absolute atomic E-state index is 12.4. The van der Waals surface area contributed by atoms with Gasteiger partial charge in [-0.25, -0.2) is 0 Å². The first-order chi connectivity index (χ1) is 8.35. The van der Waals surface area contributed by atoms with Crippen LogP contribution in [0, 0.1) is 0 Å². The van der Waals surface area contributed by atoms with Gasteiger partial charge < -0.3 is 15.4 Å². The molecule has 0 spiro atoms. The van der Waals surface area contributed by atoms with Gasteiger partial charge in [0.2, 0.25) is 0 Å². The Labute approximate surface area is 116 Å². The summed E-state index contributed by atoms with van der Waals surface area (Å²) in [5.41, 5.74) is 6.33. The Hall–Kier alpha value is -1.07. The summed E-state index contributed by atoms with van der Waals surface area (Å²) in [5.74, 6) is -0.110. The van der Waals surface area contributed by atoms with Gasteiger partial charge in [0, 0.05) is 18.6 Å². The minimum Gasteiger partial charge on any atom is -0.397 e. The third-order valence-electron chi connectivity index (χ3n) is 3.23. The second-order valence-electron chi connectivity index (χ2n) is 4.36. The number of nitrogens with zero attached hydrogens (tertiary/aromatic N) is 1. The van der Waals surface area contributed by atoms with Gasteiger partial charge in [0.1, 0.15) is 5.60 Å². The molecule has 18 heavy (non-hydrogen) atoms. The molecule has 1 unspecified atom stereocenters. The van der Waals surface area contributed by atoms with E-state index in [-0.39, 0.29) is 5.91 Å². The normalized spacial score (nSPS) is 14.1. The van der Waals surface area contributed by atoms with Crippen molar-refractivity contribution in [3.8, 4) is 0 Å². The summed E-state index contributed by atoms with van der Waals surface area (Å²) in [7, 11) is 3.25. The Morgan fingerprint density at radius 2 is 2.17 bits per heavy atom. The van der Waals surface area contributed by atoms with E-state index in [2.05, 4.69) is 15.9 Å². The SMILES string of the molecule is CCC(C)(OC)C(=O)N(C)c1ccc(Br)cc1N. The van der Waals surface area contributed by atoms with Crippen LogP contribution in [0.2, 0.25) is 0 Å². The highest BCUT2D eigenvalue weighted by atomic mass is 79.9. The number of nitrogen functional groups attached to an aromatic ring is 1. The monoisotopic (exact) mass is 314 g/mol. The van der Waals surface area contributed by atoms with Crippen LogP contribution >= 0.6 is 15.9 Å². The lowest BCUT2D eigenvalue weighted by atomic mass is 10.0. The molecule has 1 aromatic carbocycles. The Balaban J connectivity index is 3.07. The van der Waals surface area contributed by atoms with Crippen molar-refractivity contribution in [2.24, 2.45) is 0 Å². The number of carbonyl (C=O) groups is 1. The Kier molecular flexibility index (Phi) is 4.76. The first-order valence-electron chi connectivity index (χ1n) is 5.74. The lowest BCUT2D eigenvalue weighted by molar-refractivity contribution is -0.138. The van der Waals surface area contributed by atoms with E-state index in [1.807, 2.05) is 19.1 Å². The molecule has 1 rings (SSSR count). The molecule has 0 aromatic heterocycles. The molecule has 0 fully saturated rings. The van der Waals surface area contributed by atoms with Gasteiger partial charge in [-0.3, -0.25) is 4.79 Å². The fourth-order valence-corrected chi connectivity index (χ4v) is 2.06. The van der Waals surface area contributed by atoms with Crippen molar-refractivity contribution in [1.29, 1.82) is 0 Å². The Morgan fingerprint density at radius 1 is 1.56 bits per heavy atom. The first kappa shape index (κ1) is 15.0. The summed E-state index contributed by atoms with van der Waals surface area (Å²) < 4.78 is 6.20. The maximum atomic E-state index is 12.4. The van der Waals surface area contributed by atoms with Crippen LogP contribution in [0.25, 0.3) is 0 Å². The molecule has 0 saturated heterocycles. The van der Waals surface area contributed by atoms with Crippen LogP contribution < -0.4 is 10.6 Å². The fourth-order valence-electron chi connectivity index (χ4n) is 1.68. The lowest BCUT2D eigenvalue weighted by Crippen LogP contribution is -2.46. The smallest absolute Gasteiger partial charge is 0.258 e. The van der Waals surface area contributed by atoms with Crippen molar-refractivity contribution < 1.29 is 9.53 Å². The fraction of sp³-hybridized carbons (Fsp3) is 0.462. The van der Waals surface area contributed by atoms with Gasteiger partial charge >= 0.3 is 0 Å². The highest BCUT2D eigenvalue weighted by Gasteiger charge is 2.34. The topological polar surface area (TPSA) is 55.6 Å². The van der Waals surface area contributed by atoms with Crippen molar-refractivity contribution >= 4 is 33.2 Å². The number of ether oxygens (including phenoxy) is 1. The molecule has 0 bridgehead atoms. The number of nitrogens with two attached hydrogens (primary N) is 1. The van der Waals surface area contributed by atoms with Crippen molar-refractivity contribution in [2.75, 3.05) is 24.8 Å².